The van der Waals surface area contributed by atoms with E-state index in [1.807, 2.05) is 0 Å². The zero-order chi connectivity index (χ0) is 13.4. The number of unbranched alkanes of at least 4 members (excludes halogenated alkanes) is 1. The second kappa shape index (κ2) is 7.92. The number of hydrogen-bond donors (Lipinski definition) is 2. The first-order valence-corrected chi connectivity index (χ1v) is 6.37. The van der Waals surface area contributed by atoms with Gasteiger partial charge in [0.1, 0.15) is 0 Å². The van der Waals surface area contributed by atoms with Crippen LogP contribution in [0.5, 0.6) is 0 Å². The number of aliphatic carboxylic acids is 1. The number of ether oxygens (including phenoxy) is 1. The zero-order valence-corrected chi connectivity index (χ0v) is 10.9. The van der Waals surface area contributed by atoms with E-state index in [0.717, 1.165) is 19.5 Å². The highest BCUT2D eigenvalue weighted by Gasteiger charge is 2.25. The number of carboxylic acids is 1. The summed E-state index contributed by atoms with van der Waals surface area (Å²) >= 11 is 0. The van der Waals surface area contributed by atoms with E-state index in [9.17, 15) is 9.59 Å². The fraction of sp³-hybridized carbons (Fsp3) is 0.833. The van der Waals surface area contributed by atoms with Crippen molar-refractivity contribution in [3.63, 3.8) is 0 Å². The number of amides is 2. The van der Waals surface area contributed by atoms with E-state index in [4.69, 9.17) is 9.84 Å². The van der Waals surface area contributed by atoms with Crippen LogP contribution in [0.15, 0.2) is 0 Å². The predicted molar refractivity (Wildman–Crippen MR) is 66.4 cm³/mol. The van der Waals surface area contributed by atoms with E-state index in [1.54, 1.807) is 12.0 Å². The van der Waals surface area contributed by atoms with E-state index in [0.29, 0.717) is 31.9 Å². The average Bonchev–Trinajstić information content (AvgIpc) is 2.77. The third-order valence-electron chi connectivity index (χ3n) is 3.07. The van der Waals surface area contributed by atoms with Crippen molar-refractivity contribution >= 4 is 12.0 Å². The number of carboxylic acid groups (broad SMARTS) is 1. The molecule has 2 amide bonds. The molecule has 0 aliphatic carbocycles. The molecule has 18 heavy (non-hydrogen) atoms. The molecule has 6 nitrogen and oxygen atoms in total. The Morgan fingerprint density at radius 2 is 2.22 bits per heavy atom. The summed E-state index contributed by atoms with van der Waals surface area (Å²) in [5, 5.41) is 11.3. The van der Waals surface area contributed by atoms with E-state index >= 15 is 0 Å². The fourth-order valence-electron chi connectivity index (χ4n) is 2.10. The summed E-state index contributed by atoms with van der Waals surface area (Å²) in [6.07, 6.45) is 2.45. The Hall–Kier alpha value is -1.30. The van der Waals surface area contributed by atoms with Crippen LogP contribution in [0.3, 0.4) is 0 Å². The Kier molecular flexibility index (Phi) is 6.49. The highest BCUT2D eigenvalue weighted by atomic mass is 16.5. The molecule has 2 N–H and O–H groups in total. The van der Waals surface area contributed by atoms with Crippen molar-refractivity contribution in [1.29, 1.82) is 0 Å². The van der Waals surface area contributed by atoms with Gasteiger partial charge in [-0.05, 0) is 19.3 Å². The van der Waals surface area contributed by atoms with Gasteiger partial charge >= 0.3 is 12.0 Å². The van der Waals surface area contributed by atoms with Gasteiger partial charge in [0.15, 0.2) is 0 Å². The van der Waals surface area contributed by atoms with Gasteiger partial charge < -0.3 is 20.1 Å². The number of urea groups is 1. The fourth-order valence-corrected chi connectivity index (χ4v) is 2.10. The molecule has 1 heterocycles. The van der Waals surface area contributed by atoms with Crippen LogP contribution in [0, 0.1) is 5.92 Å². The summed E-state index contributed by atoms with van der Waals surface area (Å²) in [7, 11) is 1.67. The van der Waals surface area contributed by atoms with Crippen LogP contribution in [-0.4, -0.2) is 55.4 Å². The lowest BCUT2D eigenvalue weighted by Crippen LogP contribution is -2.39. The van der Waals surface area contributed by atoms with E-state index < -0.39 is 5.97 Å². The van der Waals surface area contributed by atoms with Gasteiger partial charge in [-0.1, -0.05) is 0 Å². The molecule has 1 atom stereocenters. The Bertz CT molecular complexity index is 283. The van der Waals surface area contributed by atoms with Crippen molar-refractivity contribution in [2.45, 2.75) is 25.7 Å². The monoisotopic (exact) mass is 258 g/mol. The maximum absolute atomic E-state index is 11.7. The van der Waals surface area contributed by atoms with E-state index in [-0.39, 0.29) is 12.5 Å². The molecule has 0 aromatic heterocycles. The first-order valence-electron chi connectivity index (χ1n) is 6.37. The first-order chi connectivity index (χ1) is 8.63. The van der Waals surface area contributed by atoms with Gasteiger partial charge in [-0.15, -0.1) is 0 Å². The van der Waals surface area contributed by atoms with Gasteiger partial charge in [0.2, 0.25) is 0 Å². The van der Waals surface area contributed by atoms with Gasteiger partial charge in [0, 0.05) is 39.1 Å². The van der Waals surface area contributed by atoms with E-state index in [1.165, 1.54) is 0 Å². The number of hydrogen-bond acceptors (Lipinski definition) is 3. The quantitative estimate of drug-likeness (QED) is 0.665. The molecule has 1 rings (SSSR count). The van der Waals surface area contributed by atoms with Crippen LogP contribution in [0.2, 0.25) is 0 Å². The third-order valence-corrected chi connectivity index (χ3v) is 3.07. The molecular formula is C12H22N2O4. The van der Waals surface area contributed by atoms with Gasteiger partial charge in [0.05, 0.1) is 6.61 Å². The van der Waals surface area contributed by atoms with Gasteiger partial charge in [-0.3, -0.25) is 4.79 Å². The largest absolute Gasteiger partial charge is 0.481 e. The lowest BCUT2D eigenvalue weighted by atomic mass is 10.1. The summed E-state index contributed by atoms with van der Waals surface area (Å²) in [6, 6.07) is -0.0519. The van der Waals surface area contributed by atoms with Crippen molar-refractivity contribution in [2.75, 3.05) is 33.4 Å². The molecule has 0 aromatic carbocycles. The minimum Gasteiger partial charge on any atom is -0.481 e. The minimum atomic E-state index is -0.789. The van der Waals surface area contributed by atoms with Crippen LogP contribution >= 0.6 is 0 Å². The molecule has 1 saturated heterocycles. The summed E-state index contributed by atoms with van der Waals surface area (Å²) in [4.78, 5) is 23.8. The highest BCUT2D eigenvalue weighted by Crippen LogP contribution is 2.16. The van der Waals surface area contributed by atoms with Crippen molar-refractivity contribution in [2.24, 2.45) is 5.92 Å². The summed E-state index contributed by atoms with van der Waals surface area (Å²) < 4.78 is 5.08. The Balaban J connectivity index is 2.08. The number of rotatable bonds is 7. The molecular weight excluding hydrogens is 236 g/mol. The van der Waals surface area contributed by atoms with Gasteiger partial charge in [0.25, 0.3) is 0 Å². The summed E-state index contributed by atoms with van der Waals surface area (Å²) in [5.41, 5.74) is 0. The summed E-state index contributed by atoms with van der Waals surface area (Å²) in [5.74, 6) is -0.351. The van der Waals surface area contributed by atoms with Crippen LogP contribution < -0.4 is 5.32 Å². The first kappa shape index (κ1) is 14.8. The lowest BCUT2D eigenvalue weighted by molar-refractivity contribution is -0.137. The number of carbonyl (C=O) groups excluding carboxylic acids is 1. The molecule has 0 spiro atoms. The second-order valence-corrected chi connectivity index (χ2v) is 4.64. The number of nitrogens with one attached hydrogen (secondary N) is 1. The SMILES string of the molecule is COCC1CCN(C(=O)NCCCCC(=O)O)C1. The molecule has 1 aliphatic heterocycles. The van der Waals surface area contributed by atoms with Crippen molar-refractivity contribution in [3.05, 3.63) is 0 Å². The standard InChI is InChI=1S/C12H22N2O4/c1-18-9-10-5-7-14(8-10)12(17)13-6-3-2-4-11(15)16/h10H,2-9H2,1H3,(H,13,17)(H,15,16). The topological polar surface area (TPSA) is 78.9 Å². The third kappa shape index (κ3) is 5.35. The normalized spacial score (nSPS) is 18.9. The highest BCUT2D eigenvalue weighted by molar-refractivity contribution is 5.74. The molecule has 104 valence electrons. The molecule has 0 bridgehead atoms. The number of nitrogens with zero attached hydrogens (tertiary/aromatic N) is 1. The van der Waals surface area contributed by atoms with Crippen LogP contribution in [0.4, 0.5) is 4.79 Å². The van der Waals surface area contributed by atoms with E-state index in [2.05, 4.69) is 5.32 Å². The Morgan fingerprint density at radius 3 is 2.89 bits per heavy atom. The van der Waals surface area contributed by atoms with Crippen LogP contribution in [0.1, 0.15) is 25.7 Å². The molecule has 1 aliphatic rings. The van der Waals surface area contributed by atoms with Crippen LogP contribution in [-0.2, 0) is 9.53 Å². The van der Waals surface area contributed by atoms with Crippen molar-refractivity contribution < 1.29 is 19.4 Å². The average molecular weight is 258 g/mol. The number of carbonyl (C=O) groups is 2. The van der Waals surface area contributed by atoms with Crippen LogP contribution in [0.25, 0.3) is 0 Å². The molecule has 1 unspecified atom stereocenters. The molecule has 1 fully saturated rings. The minimum absolute atomic E-state index is 0.0519. The smallest absolute Gasteiger partial charge is 0.317 e. The zero-order valence-electron chi connectivity index (χ0n) is 10.9. The molecule has 0 aromatic rings. The molecule has 0 saturated carbocycles. The van der Waals surface area contributed by atoms with Gasteiger partial charge in [-0.2, -0.15) is 0 Å². The Labute approximate surface area is 107 Å². The predicted octanol–water partition coefficient (Wildman–Crippen LogP) is 0.919. The lowest BCUT2D eigenvalue weighted by Gasteiger charge is -2.17. The number of likely N-dealkylation sites (tertiary alicyclic amines) is 1. The van der Waals surface area contributed by atoms with Crippen molar-refractivity contribution in [1.82, 2.24) is 10.2 Å². The number of methoxy groups -OCH3 is 1. The second-order valence-electron chi connectivity index (χ2n) is 4.64. The Morgan fingerprint density at radius 1 is 1.44 bits per heavy atom. The van der Waals surface area contributed by atoms with Crippen molar-refractivity contribution in [3.8, 4) is 0 Å². The summed E-state index contributed by atoms with van der Waals surface area (Å²) in [6.45, 7) is 2.75. The molecule has 6 heteroatoms. The molecule has 0 radical (unpaired) electrons. The maximum atomic E-state index is 11.7. The maximum Gasteiger partial charge on any atom is 0.317 e. The van der Waals surface area contributed by atoms with Gasteiger partial charge in [-0.25, -0.2) is 4.79 Å².